The molecule has 0 bridgehead atoms. The summed E-state index contributed by atoms with van der Waals surface area (Å²) in [6.45, 7) is 2.83. The van der Waals surface area contributed by atoms with Crippen LogP contribution in [0.1, 0.15) is 12.0 Å². The smallest absolute Gasteiger partial charge is 0.223 e. The number of carbonyl (C=O) groups is 1. The van der Waals surface area contributed by atoms with Gasteiger partial charge in [0.1, 0.15) is 5.82 Å². The maximum absolute atomic E-state index is 12.4. The molecule has 4 nitrogen and oxygen atoms in total. The van der Waals surface area contributed by atoms with Crippen LogP contribution in [-0.2, 0) is 11.2 Å². The highest BCUT2D eigenvalue weighted by Gasteiger charge is 2.23. The van der Waals surface area contributed by atoms with Crippen LogP contribution in [0.5, 0.6) is 0 Å². The van der Waals surface area contributed by atoms with Gasteiger partial charge < -0.3 is 9.80 Å². The molecule has 0 N–H and O–H groups in total. The number of rotatable bonds is 4. The molecule has 1 saturated heterocycles. The molecule has 3 rings (SSSR count). The highest BCUT2D eigenvalue weighted by molar-refractivity contribution is 6.36. The SMILES string of the molecule is O=C(CCc1ccccc1)N1CCN(c2ncc(Cl)cc2Cl)CC1. The first-order valence-electron chi connectivity index (χ1n) is 8.01. The van der Waals surface area contributed by atoms with Crippen molar-refractivity contribution in [3.63, 3.8) is 0 Å². The van der Waals surface area contributed by atoms with Crippen LogP contribution in [0.2, 0.25) is 10.0 Å². The summed E-state index contributed by atoms with van der Waals surface area (Å²) >= 11 is 12.1. The van der Waals surface area contributed by atoms with Gasteiger partial charge in [-0.1, -0.05) is 53.5 Å². The summed E-state index contributed by atoms with van der Waals surface area (Å²) < 4.78 is 0. The lowest BCUT2D eigenvalue weighted by Gasteiger charge is -2.35. The second-order valence-corrected chi connectivity index (χ2v) is 6.66. The molecular formula is C18H19Cl2N3O. The molecule has 0 saturated carbocycles. The largest absolute Gasteiger partial charge is 0.352 e. The van der Waals surface area contributed by atoms with E-state index in [9.17, 15) is 4.79 Å². The zero-order valence-corrected chi connectivity index (χ0v) is 14.8. The van der Waals surface area contributed by atoms with Crippen molar-refractivity contribution < 1.29 is 4.79 Å². The van der Waals surface area contributed by atoms with E-state index < -0.39 is 0 Å². The van der Waals surface area contributed by atoms with Crippen molar-refractivity contribution >= 4 is 34.9 Å². The van der Waals surface area contributed by atoms with Crippen LogP contribution in [0.3, 0.4) is 0 Å². The lowest BCUT2D eigenvalue weighted by Crippen LogP contribution is -2.49. The summed E-state index contributed by atoms with van der Waals surface area (Å²) in [6, 6.07) is 11.8. The molecular weight excluding hydrogens is 345 g/mol. The molecule has 24 heavy (non-hydrogen) atoms. The number of hydrogen-bond donors (Lipinski definition) is 0. The number of amides is 1. The summed E-state index contributed by atoms with van der Waals surface area (Å²) in [5, 5.41) is 1.07. The summed E-state index contributed by atoms with van der Waals surface area (Å²) in [6.07, 6.45) is 2.93. The van der Waals surface area contributed by atoms with Gasteiger partial charge in [0.05, 0.1) is 10.0 Å². The summed E-state index contributed by atoms with van der Waals surface area (Å²) in [7, 11) is 0. The third kappa shape index (κ3) is 4.19. The van der Waals surface area contributed by atoms with E-state index in [4.69, 9.17) is 23.2 Å². The van der Waals surface area contributed by atoms with Gasteiger partial charge in [-0.3, -0.25) is 4.79 Å². The third-order valence-corrected chi connectivity index (χ3v) is 4.68. The van der Waals surface area contributed by atoms with Crippen molar-refractivity contribution in [1.82, 2.24) is 9.88 Å². The second-order valence-electron chi connectivity index (χ2n) is 5.81. The van der Waals surface area contributed by atoms with Gasteiger partial charge >= 0.3 is 0 Å². The van der Waals surface area contributed by atoms with Crippen LogP contribution < -0.4 is 4.90 Å². The maximum atomic E-state index is 12.4. The number of hydrogen-bond acceptors (Lipinski definition) is 3. The standard InChI is InChI=1S/C18H19Cl2N3O/c19-15-12-16(20)18(21-13-15)23-10-8-22(9-11-23)17(24)7-6-14-4-2-1-3-5-14/h1-5,12-13H,6-11H2. The number of nitrogens with zero attached hydrogens (tertiary/aromatic N) is 3. The van der Waals surface area contributed by atoms with E-state index in [0.717, 1.165) is 25.3 Å². The molecule has 0 atom stereocenters. The van der Waals surface area contributed by atoms with E-state index in [0.29, 0.717) is 29.6 Å². The van der Waals surface area contributed by atoms with Crippen LogP contribution in [0.25, 0.3) is 0 Å². The lowest BCUT2D eigenvalue weighted by atomic mass is 10.1. The Morgan fingerprint density at radius 2 is 1.79 bits per heavy atom. The van der Waals surface area contributed by atoms with E-state index in [2.05, 4.69) is 22.0 Å². The van der Waals surface area contributed by atoms with Crippen molar-refractivity contribution in [1.29, 1.82) is 0 Å². The normalized spacial score (nSPS) is 14.8. The molecule has 1 aromatic heterocycles. The average Bonchev–Trinajstić information content (AvgIpc) is 2.61. The molecule has 1 aliphatic heterocycles. The second kappa shape index (κ2) is 7.86. The molecule has 1 aliphatic rings. The zero-order chi connectivity index (χ0) is 16.9. The fourth-order valence-electron chi connectivity index (χ4n) is 2.86. The van der Waals surface area contributed by atoms with Gasteiger partial charge in [-0.15, -0.1) is 0 Å². The predicted octanol–water partition coefficient (Wildman–Crippen LogP) is 3.67. The number of aryl methyl sites for hydroxylation is 1. The average molecular weight is 364 g/mol. The van der Waals surface area contributed by atoms with E-state index in [1.165, 1.54) is 5.56 Å². The minimum absolute atomic E-state index is 0.202. The fraction of sp³-hybridized carbons (Fsp3) is 0.333. The Morgan fingerprint density at radius 3 is 2.46 bits per heavy atom. The third-order valence-electron chi connectivity index (χ3n) is 4.19. The summed E-state index contributed by atoms with van der Waals surface area (Å²) in [5.41, 5.74) is 1.20. The minimum Gasteiger partial charge on any atom is -0.352 e. The minimum atomic E-state index is 0.202. The maximum Gasteiger partial charge on any atom is 0.223 e. The van der Waals surface area contributed by atoms with Gasteiger partial charge in [-0.25, -0.2) is 4.98 Å². The molecule has 0 radical (unpaired) electrons. The van der Waals surface area contributed by atoms with Crippen LogP contribution >= 0.6 is 23.2 Å². The Balaban J connectivity index is 1.52. The van der Waals surface area contributed by atoms with E-state index in [1.54, 1.807) is 12.3 Å². The first kappa shape index (κ1) is 17.1. The van der Waals surface area contributed by atoms with Crippen molar-refractivity contribution in [2.75, 3.05) is 31.1 Å². The van der Waals surface area contributed by atoms with Crippen molar-refractivity contribution in [2.45, 2.75) is 12.8 Å². The van der Waals surface area contributed by atoms with Crippen molar-refractivity contribution in [3.05, 3.63) is 58.2 Å². The molecule has 0 unspecified atom stereocenters. The molecule has 6 heteroatoms. The summed E-state index contributed by atoms with van der Waals surface area (Å²) in [4.78, 5) is 20.7. The van der Waals surface area contributed by atoms with Crippen LogP contribution in [0.4, 0.5) is 5.82 Å². The Labute approximate surface area is 152 Å². The molecule has 126 valence electrons. The number of halogens is 2. The van der Waals surface area contributed by atoms with E-state index >= 15 is 0 Å². The Bertz CT molecular complexity index is 701. The Morgan fingerprint density at radius 1 is 1.08 bits per heavy atom. The molecule has 0 aliphatic carbocycles. The van der Waals surface area contributed by atoms with Gasteiger partial charge in [0.25, 0.3) is 0 Å². The van der Waals surface area contributed by atoms with Crippen LogP contribution in [0, 0.1) is 0 Å². The lowest BCUT2D eigenvalue weighted by molar-refractivity contribution is -0.131. The monoisotopic (exact) mass is 363 g/mol. The molecule has 1 aromatic carbocycles. The van der Waals surface area contributed by atoms with E-state index in [-0.39, 0.29) is 5.91 Å². The number of anilines is 1. The molecule has 1 amide bonds. The van der Waals surface area contributed by atoms with Crippen molar-refractivity contribution in [2.24, 2.45) is 0 Å². The highest BCUT2D eigenvalue weighted by atomic mass is 35.5. The highest BCUT2D eigenvalue weighted by Crippen LogP contribution is 2.26. The number of pyridine rings is 1. The van der Waals surface area contributed by atoms with Gasteiger partial charge in [0, 0.05) is 38.8 Å². The first-order chi connectivity index (χ1) is 11.6. The van der Waals surface area contributed by atoms with Crippen LogP contribution in [-0.4, -0.2) is 42.0 Å². The molecule has 1 fully saturated rings. The number of benzene rings is 1. The van der Waals surface area contributed by atoms with Crippen molar-refractivity contribution in [3.8, 4) is 0 Å². The molecule has 0 spiro atoms. The Kier molecular flexibility index (Phi) is 5.59. The number of piperazine rings is 1. The fourth-order valence-corrected chi connectivity index (χ4v) is 3.36. The topological polar surface area (TPSA) is 36.4 Å². The van der Waals surface area contributed by atoms with Gasteiger partial charge in [-0.2, -0.15) is 0 Å². The van der Waals surface area contributed by atoms with Gasteiger partial charge in [0.2, 0.25) is 5.91 Å². The Hall–Kier alpha value is -1.78. The van der Waals surface area contributed by atoms with Gasteiger partial charge in [-0.05, 0) is 18.1 Å². The molecule has 2 heterocycles. The summed E-state index contributed by atoms with van der Waals surface area (Å²) in [5.74, 6) is 0.936. The molecule has 2 aromatic rings. The number of carbonyl (C=O) groups excluding carboxylic acids is 1. The number of aromatic nitrogens is 1. The van der Waals surface area contributed by atoms with Crippen LogP contribution in [0.15, 0.2) is 42.6 Å². The predicted molar refractivity (Wildman–Crippen MR) is 97.8 cm³/mol. The quantitative estimate of drug-likeness (QED) is 0.831. The van der Waals surface area contributed by atoms with Gasteiger partial charge in [0.15, 0.2) is 0 Å². The first-order valence-corrected chi connectivity index (χ1v) is 8.77. The van der Waals surface area contributed by atoms with E-state index in [1.807, 2.05) is 23.1 Å². The zero-order valence-electron chi connectivity index (χ0n) is 13.3.